The lowest BCUT2D eigenvalue weighted by atomic mass is 9.83. The summed E-state index contributed by atoms with van der Waals surface area (Å²) in [5.74, 6) is 0.742. The second kappa shape index (κ2) is 13.6. The fourth-order valence-electron chi connectivity index (χ4n) is 3.68. The van der Waals surface area contributed by atoms with E-state index in [4.69, 9.17) is 21.3 Å². The summed E-state index contributed by atoms with van der Waals surface area (Å²) in [6.07, 6.45) is 5.36. The van der Waals surface area contributed by atoms with Gasteiger partial charge < -0.3 is 20.5 Å². The van der Waals surface area contributed by atoms with Gasteiger partial charge >= 0.3 is 0 Å². The third-order valence-electron chi connectivity index (χ3n) is 5.29. The van der Waals surface area contributed by atoms with Gasteiger partial charge in [-0.1, -0.05) is 42.6 Å². The molecule has 1 aliphatic carbocycles. The summed E-state index contributed by atoms with van der Waals surface area (Å²) in [4.78, 5) is 4.83. The first-order valence-corrected chi connectivity index (χ1v) is 10.5. The first kappa shape index (κ1) is 25.5. The van der Waals surface area contributed by atoms with Crippen LogP contribution in [0.5, 0.6) is 0 Å². The summed E-state index contributed by atoms with van der Waals surface area (Å²) in [5, 5.41) is 17.6. The van der Waals surface area contributed by atoms with E-state index in [-0.39, 0.29) is 29.4 Å². The van der Waals surface area contributed by atoms with Crippen molar-refractivity contribution in [2.24, 2.45) is 10.4 Å². The van der Waals surface area contributed by atoms with Crippen LogP contribution in [0.4, 0.5) is 0 Å². The van der Waals surface area contributed by atoms with Crippen molar-refractivity contribution < 1.29 is 9.84 Å². The van der Waals surface area contributed by atoms with Crippen molar-refractivity contribution in [3.8, 4) is 0 Å². The number of hydrogen-bond acceptors (Lipinski definition) is 3. The van der Waals surface area contributed by atoms with E-state index in [1.54, 1.807) is 6.07 Å². The van der Waals surface area contributed by atoms with Crippen LogP contribution in [0.1, 0.15) is 57.6 Å². The number of benzene rings is 1. The number of ether oxygens (including phenoxy) is 1. The standard InChI is InChI=1S/C21H34ClN3O2.HI/c1-3-23-20(24-15-19(26)17-9-5-6-10-18(17)22)25-16-21(11-7-8-12-21)13-14-27-4-2;/h5-6,9-10,19,26H,3-4,7-8,11-16H2,1-2H3,(H2,23,24,25);1H. The second-order valence-electron chi connectivity index (χ2n) is 7.27. The van der Waals surface area contributed by atoms with Gasteiger partial charge in [0, 0.05) is 43.4 Å². The number of hydrogen-bond donors (Lipinski definition) is 3. The van der Waals surface area contributed by atoms with Crippen molar-refractivity contribution >= 4 is 41.5 Å². The van der Waals surface area contributed by atoms with Crippen molar-refractivity contribution in [3.05, 3.63) is 34.9 Å². The molecular weight excluding hydrogens is 489 g/mol. The molecule has 0 heterocycles. The van der Waals surface area contributed by atoms with Gasteiger partial charge in [-0.15, -0.1) is 24.0 Å². The normalized spacial score (nSPS) is 17.1. The zero-order valence-corrected chi connectivity index (χ0v) is 20.1. The van der Waals surface area contributed by atoms with Crippen LogP contribution >= 0.6 is 35.6 Å². The van der Waals surface area contributed by atoms with E-state index in [0.29, 0.717) is 11.6 Å². The molecule has 0 amide bonds. The van der Waals surface area contributed by atoms with Crippen molar-refractivity contribution in [3.63, 3.8) is 0 Å². The lowest BCUT2D eigenvalue weighted by Crippen LogP contribution is -2.40. The van der Waals surface area contributed by atoms with Crippen LogP contribution in [0.25, 0.3) is 0 Å². The molecule has 0 aromatic heterocycles. The Hall–Kier alpha value is -0.570. The highest BCUT2D eigenvalue weighted by atomic mass is 127. The van der Waals surface area contributed by atoms with E-state index in [2.05, 4.69) is 10.6 Å². The van der Waals surface area contributed by atoms with Crippen molar-refractivity contribution in [1.82, 2.24) is 10.6 Å². The molecule has 5 nitrogen and oxygen atoms in total. The molecule has 1 aromatic rings. The van der Waals surface area contributed by atoms with Crippen LogP contribution in [0.15, 0.2) is 29.3 Å². The molecule has 0 radical (unpaired) electrons. The van der Waals surface area contributed by atoms with Gasteiger partial charge in [0.25, 0.3) is 0 Å². The summed E-state index contributed by atoms with van der Waals surface area (Å²) in [6, 6.07) is 7.38. The Balaban J connectivity index is 0.00000392. The summed E-state index contributed by atoms with van der Waals surface area (Å²) in [7, 11) is 0. The first-order valence-electron chi connectivity index (χ1n) is 10.1. The average Bonchev–Trinajstić information content (AvgIpc) is 3.13. The van der Waals surface area contributed by atoms with Gasteiger partial charge in [-0.05, 0) is 44.6 Å². The molecular formula is C21H35ClIN3O2. The van der Waals surface area contributed by atoms with E-state index in [1.165, 1.54) is 25.7 Å². The molecule has 3 N–H and O–H groups in total. The minimum Gasteiger partial charge on any atom is -0.387 e. The molecule has 1 atom stereocenters. The number of halogens is 2. The Labute approximate surface area is 191 Å². The molecule has 1 saturated carbocycles. The largest absolute Gasteiger partial charge is 0.387 e. The zero-order chi connectivity index (χ0) is 19.5. The lowest BCUT2D eigenvalue weighted by molar-refractivity contribution is 0.107. The molecule has 1 fully saturated rings. The Morgan fingerprint density at radius 3 is 2.61 bits per heavy atom. The van der Waals surface area contributed by atoms with E-state index in [0.717, 1.165) is 44.2 Å². The third kappa shape index (κ3) is 8.05. The van der Waals surface area contributed by atoms with Crippen LogP contribution in [-0.2, 0) is 4.74 Å². The maximum atomic E-state index is 10.4. The van der Waals surface area contributed by atoms with Gasteiger partial charge in [-0.2, -0.15) is 0 Å². The number of nitrogens with zero attached hydrogens (tertiary/aromatic N) is 1. The van der Waals surface area contributed by atoms with E-state index in [1.807, 2.05) is 32.0 Å². The molecule has 28 heavy (non-hydrogen) atoms. The fourth-order valence-corrected chi connectivity index (χ4v) is 3.94. The number of rotatable bonds is 10. The maximum Gasteiger partial charge on any atom is 0.191 e. The third-order valence-corrected chi connectivity index (χ3v) is 5.63. The Bertz CT molecular complexity index is 595. The van der Waals surface area contributed by atoms with Crippen LogP contribution in [0.3, 0.4) is 0 Å². The molecule has 1 unspecified atom stereocenters. The number of guanidine groups is 1. The Morgan fingerprint density at radius 2 is 1.96 bits per heavy atom. The van der Waals surface area contributed by atoms with Crippen LogP contribution in [-0.4, -0.2) is 43.9 Å². The lowest BCUT2D eigenvalue weighted by Gasteiger charge is -2.27. The topological polar surface area (TPSA) is 65.9 Å². The number of aliphatic hydroxyl groups excluding tert-OH is 1. The van der Waals surface area contributed by atoms with Crippen LogP contribution in [0, 0.1) is 5.41 Å². The van der Waals surface area contributed by atoms with Crippen molar-refractivity contribution in [2.45, 2.75) is 52.1 Å². The first-order chi connectivity index (χ1) is 13.1. The summed E-state index contributed by atoms with van der Waals surface area (Å²) >= 11 is 6.18. The molecule has 0 aliphatic heterocycles. The van der Waals surface area contributed by atoms with Crippen LogP contribution in [0.2, 0.25) is 5.02 Å². The smallest absolute Gasteiger partial charge is 0.191 e. The monoisotopic (exact) mass is 523 g/mol. The Kier molecular flexibility index (Phi) is 12.4. The molecule has 7 heteroatoms. The SMILES string of the molecule is CCNC(=NCC1(CCOCC)CCCC1)NCC(O)c1ccccc1Cl.I. The number of aliphatic imine (C=N–C) groups is 1. The molecule has 0 bridgehead atoms. The number of aliphatic hydroxyl groups is 1. The minimum absolute atomic E-state index is 0. The van der Waals surface area contributed by atoms with Gasteiger partial charge in [-0.25, -0.2) is 0 Å². The quantitative estimate of drug-likeness (QED) is 0.182. The average molecular weight is 524 g/mol. The predicted molar refractivity (Wildman–Crippen MR) is 128 cm³/mol. The van der Waals surface area contributed by atoms with E-state index < -0.39 is 6.10 Å². The van der Waals surface area contributed by atoms with Gasteiger partial charge in [-0.3, -0.25) is 4.99 Å². The second-order valence-corrected chi connectivity index (χ2v) is 7.67. The molecule has 0 saturated heterocycles. The highest BCUT2D eigenvalue weighted by Crippen LogP contribution is 2.41. The van der Waals surface area contributed by atoms with Crippen molar-refractivity contribution in [2.75, 3.05) is 32.8 Å². The van der Waals surface area contributed by atoms with Crippen molar-refractivity contribution in [1.29, 1.82) is 0 Å². The predicted octanol–water partition coefficient (Wildman–Crippen LogP) is 4.53. The molecule has 2 rings (SSSR count). The zero-order valence-electron chi connectivity index (χ0n) is 17.0. The molecule has 160 valence electrons. The van der Waals surface area contributed by atoms with Gasteiger partial charge in [0.2, 0.25) is 0 Å². The number of nitrogens with one attached hydrogen (secondary N) is 2. The molecule has 0 spiro atoms. The summed E-state index contributed by atoms with van der Waals surface area (Å²) in [5.41, 5.74) is 0.977. The van der Waals surface area contributed by atoms with Crippen LogP contribution < -0.4 is 10.6 Å². The van der Waals surface area contributed by atoms with Gasteiger partial charge in [0.15, 0.2) is 5.96 Å². The summed E-state index contributed by atoms with van der Waals surface area (Å²) in [6.45, 7) is 7.59. The maximum absolute atomic E-state index is 10.4. The fraction of sp³-hybridized carbons (Fsp3) is 0.667. The van der Waals surface area contributed by atoms with Gasteiger partial charge in [0.1, 0.15) is 0 Å². The molecule has 1 aliphatic rings. The molecule has 1 aromatic carbocycles. The van der Waals surface area contributed by atoms with E-state index >= 15 is 0 Å². The highest BCUT2D eigenvalue weighted by Gasteiger charge is 2.33. The highest BCUT2D eigenvalue weighted by molar-refractivity contribution is 14.0. The minimum atomic E-state index is -0.680. The van der Waals surface area contributed by atoms with E-state index in [9.17, 15) is 5.11 Å². The Morgan fingerprint density at radius 1 is 1.25 bits per heavy atom. The van der Waals surface area contributed by atoms with Gasteiger partial charge in [0.05, 0.1) is 6.10 Å². The summed E-state index contributed by atoms with van der Waals surface area (Å²) < 4.78 is 5.59.